The van der Waals surface area contributed by atoms with Gasteiger partial charge in [0.2, 0.25) is 0 Å². The summed E-state index contributed by atoms with van der Waals surface area (Å²) in [5.74, 6) is 0. The zero-order valence-corrected chi connectivity index (χ0v) is 7.96. The maximum Gasteiger partial charge on any atom is 0.0406 e. The Morgan fingerprint density at radius 1 is 1.50 bits per heavy atom. The van der Waals surface area contributed by atoms with Crippen molar-refractivity contribution in [2.24, 2.45) is 7.05 Å². The van der Waals surface area contributed by atoms with Gasteiger partial charge in [0.1, 0.15) is 0 Å². The molecule has 1 rings (SSSR count). The van der Waals surface area contributed by atoms with Crippen LogP contribution in [0.4, 0.5) is 0 Å². The number of rotatable bonds is 1. The molecular weight excluding hydrogens is 146 g/mol. The molecule has 0 radical (unpaired) electrons. The van der Waals surface area contributed by atoms with Crippen LogP contribution in [0.1, 0.15) is 12.6 Å². The van der Waals surface area contributed by atoms with Crippen LogP contribution in [0, 0.1) is 6.92 Å². The van der Waals surface area contributed by atoms with Crippen LogP contribution in [-0.4, -0.2) is 4.57 Å². The average Bonchev–Trinajstić information content (AvgIpc) is 2.30. The Balaban J connectivity index is 3.37. The molecule has 0 aromatic carbocycles. The van der Waals surface area contributed by atoms with E-state index >= 15 is 0 Å². The van der Waals surface area contributed by atoms with Crippen molar-refractivity contribution in [2.45, 2.75) is 13.8 Å². The SMILES string of the molecule is C=c1/c(=C\C=C/C)cc(C)n1C. The first-order chi connectivity index (χ1) is 5.66. The van der Waals surface area contributed by atoms with Gasteiger partial charge in [0, 0.05) is 18.1 Å². The summed E-state index contributed by atoms with van der Waals surface area (Å²) in [5, 5.41) is 2.28. The van der Waals surface area contributed by atoms with Crippen molar-refractivity contribution in [3.8, 4) is 0 Å². The number of nitrogens with zero attached hydrogens (tertiary/aromatic N) is 1. The molecule has 0 saturated heterocycles. The van der Waals surface area contributed by atoms with Gasteiger partial charge >= 0.3 is 0 Å². The normalized spacial score (nSPS) is 13.1. The highest BCUT2D eigenvalue weighted by atomic mass is 14.9. The van der Waals surface area contributed by atoms with E-state index in [1.807, 2.05) is 26.1 Å². The van der Waals surface area contributed by atoms with Gasteiger partial charge in [-0.25, -0.2) is 0 Å². The van der Waals surface area contributed by atoms with Gasteiger partial charge in [0.05, 0.1) is 0 Å². The first-order valence-corrected chi connectivity index (χ1v) is 4.11. The summed E-state index contributed by atoms with van der Waals surface area (Å²) < 4.78 is 2.09. The molecule has 0 saturated carbocycles. The number of hydrogen-bond acceptors (Lipinski definition) is 0. The van der Waals surface area contributed by atoms with E-state index in [1.54, 1.807) is 0 Å². The third-order valence-corrected chi connectivity index (χ3v) is 2.10. The van der Waals surface area contributed by atoms with Gasteiger partial charge in [-0.15, -0.1) is 0 Å². The Morgan fingerprint density at radius 2 is 2.17 bits per heavy atom. The van der Waals surface area contributed by atoms with E-state index in [1.165, 1.54) is 10.9 Å². The lowest BCUT2D eigenvalue weighted by Gasteiger charge is -1.92. The lowest BCUT2D eigenvalue weighted by Crippen LogP contribution is -2.25. The smallest absolute Gasteiger partial charge is 0.0406 e. The first kappa shape index (κ1) is 8.85. The van der Waals surface area contributed by atoms with Crippen LogP contribution in [0.2, 0.25) is 0 Å². The van der Waals surface area contributed by atoms with Gasteiger partial charge in [-0.1, -0.05) is 24.8 Å². The maximum absolute atomic E-state index is 3.99. The molecule has 64 valence electrons. The molecule has 0 aliphatic heterocycles. The van der Waals surface area contributed by atoms with Crippen LogP contribution >= 0.6 is 0 Å². The summed E-state index contributed by atoms with van der Waals surface area (Å²) in [6.45, 7) is 8.09. The highest BCUT2D eigenvalue weighted by Crippen LogP contribution is 1.85. The maximum atomic E-state index is 3.99. The van der Waals surface area contributed by atoms with Gasteiger partial charge in [0.15, 0.2) is 0 Å². The van der Waals surface area contributed by atoms with Crippen LogP contribution in [0.25, 0.3) is 12.7 Å². The Hall–Kier alpha value is -1.24. The third-order valence-electron chi connectivity index (χ3n) is 2.10. The molecular formula is C11H15N. The van der Waals surface area contributed by atoms with Gasteiger partial charge in [0.25, 0.3) is 0 Å². The van der Waals surface area contributed by atoms with Crippen LogP contribution in [-0.2, 0) is 7.05 Å². The van der Waals surface area contributed by atoms with Crippen molar-refractivity contribution in [1.82, 2.24) is 4.57 Å². The summed E-state index contributed by atoms with van der Waals surface area (Å²) in [4.78, 5) is 0. The summed E-state index contributed by atoms with van der Waals surface area (Å²) in [6, 6.07) is 2.14. The molecule has 1 aromatic rings. The Labute approximate surface area is 73.3 Å². The van der Waals surface area contributed by atoms with E-state index < -0.39 is 0 Å². The fourth-order valence-corrected chi connectivity index (χ4v) is 1.16. The fraction of sp³-hybridized carbons (Fsp3) is 0.273. The quantitative estimate of drug-likeness (QED) is 0.581. The zero-order chi connectivity index (χ0) is 9.14. The van der Waals surface area contributed by atoms with E-state index in [0.29, 0.717) is 0 Å². The molecule has 0 N–H and O–H groups in total. The van der Waals surface area contributed by atoms with Crippen molar-refractivity contribution in [1.29, 1.82) is 0 Å². The second-order valence-electron chi connectivity index (χ2n) is 2.94. The van der Waals surface area contributed by atoms with Crippen molar-refractivity contribution < 1.29 is 0 Å². The van der Waals surface area contributed by atoms with E-state index in [9.17, 15) is 0 Å². The minimum Gasteiger partial charge on any atom is -0.348 e. The number of aryl methyl sites for hydroxylation is 1. The van der Waals surface area contributed by atoms with Gasteiger partial charge in [-0.05, 0) is 25.1 Å². The summed E-state index contributed by atoms with van der Waals surface area (Å²) >= 11 is 0. The topological polar surface area (TPSA) is 4.93 Å². The predicted molar refractivity (Wildman–Crippen MR) is 54.2 cm³/mol. The summed E-state index contributed by atoms with van der Waals surface area (Å²) in [7, 11) is 2.03. The van der Waals surface area contributed by atoms with Crippen LogP contribution in [0.15, 0.2) is 18.2 Å². The Morgan fingerprint density at radius 3 is 2.58 bits per heavy atom. The molecule has 1 heteroatoms. The van der Waals surface area contributed by atoms with Gasteiger partial charge < -0.3 is 4.57 Å². The van der Waals surface area contributed by atoms with Crippen LogP contribution < -0.4 is 10.6 Å². The lowest BCUT2D eigenvalue weighted by molar-refractivity contribution is 0.851. The first-order valence-electron chi connectivity index (χ1n) is 4.11. The second-order valence-corrected chi connectivity index (χ2v) is 2.94. The zero-order valence-electron chi connectivity index (χ0n) is 7.96. The number of hydrogen-bond donors (Lipinski definition) is 0. The average molecular weight is 161 g/mol. The molecule has 12 heavy (non-hydrogen) atoms. The Bertz CT molecular complexity index is 393. The van der Waals surface area contributed by atoms with Gasteiger partial charge in [-0.3, -0.25) is 0 Å². The molecule has 1 aromatic heterocycles. The number of aromatic nitrogens is 1. The van der Waals surface area contributed by atoms with Gasteiger partial charge in [-0.2, -0.15) is 0 Å². The fourth-order valence-electron chi connectivity index (χ4n) is 1.16. The molecule has 0 fully saturated rings. The summed E-state index contributed by atoms with van der Waals surface area (Å²) in [6.07, 6.45) is 6.13. The molecule has 0 aliphatic carbocycles. The largest absolute Gasteiger partial charge is 0.348 e. The summed E-state index contributed by atoms with van der Waals surface area (Å²) in [5.41, 5.74) is 1.25. The van der Waals surface area contributed by atoms with Crippen molar-refractivity contribution in [3.05, 3.63) is 34.5 Å². The molecule has 0 spiro atoms. The molecule has 0 bridgehead atoms. The van der Waals surface area contributed by atoms with E-state index in [0.717, 1.165) is 5.35 Å². The molecule has 1 nitrogen and oxygen atoms in total. The van der Waals surface area contributed by atoms with Crippen LogP contribution in [0.3, 0.4) is 0 Å². The van der Waals surface area contributed by atoms with Crippen molar-refractivity contribution in [2.75, 3.05) is 0 Å². The van der Waals surface area contributed by atoms with Crippen LogP contribution in [0.5, 0.6) is 0 Å². The minimum absolute atomic E-state index is 1.07. The van der Waals surface area contributed by atoms with Crippen molar-refractivity contribution >= 4 is 12.7 Å². The van der Waals surface area contributed by atoms with E-state index in [4.69, 9.17) is 0 Å². The molecule has 0 unspecified atom stereocenters. The minimum atomic E-state index is 1.07. The highest BCUT2D eigenvalue weighted by Gasteiger charge is 1.92. The second kappa shape index (κ2) is 3.44. The molecule has 1 heterocycles. The van der Waals surface area contributed by atoms with Crippen molar-refractivity contribution in [3.63, 3.8) is 0 Å². The molecule has 0 aliphatic rings. The van der Waals surface area contributed by atoms with E-state index in [2.05, 4.69) is 30.2 Å². The third kappa shape index (κ3) is 1.50. The molecule has 0 atom stereocenters. The highest BCUT2D eigenvalue weighted by molar-refractivity contribution is 5.37. The number of allylic oxidation sites excluding steroid dienone is 2. The Kier molecular flexibility index (Phi) is 2.54. The molecule has 0 amide bonds. The van der Waals surface area contributed by atoms with E-state index in [-0.39, 0.29) is 0 Å². The lowest BCUT2D eigenvalue weighted by atomic mass is 10.3. The monoisotopic (exact) mass is 161 g/mol. The standard InChI is InChI=1S/C11H15N/c1-5-6-7-11-8-9(2)12(4)10(11)3/h5-8H,3H2,1-2,4H3/b6-5-,11-7-. The predicted octanol–water partition coefficient (Wildman–Crippen LogP) is 1.10.